The van der Waals surface area contributed by atoms with Gasteiger partial charge in [-0.3, -0.25) is 4.79 Å². The Morgan fingerprint density at radius 1 is 1.25 bits per heavy atom. The molecule has 7 nitrogen and oxygen atoms in total. The summed E-state index contributed by atoms with van der Waals surface area (Å²) < 4.78 is 37.5. The number of rotatable bonds is 8. The first kappa shape index (κ1) is 18.7. The van der Waals surface area contributed by atoms with Gasteiger partial charge in [0, 0.05) is 20.2 Å². The van der Waals surface area contributed by atoms with Crippen molar-refractivity contribution in [3.8, 4) is 5.75 Å². The predicted octanol–water partition coefficient (Wildman–Crippen LogP) is 0.921. The average Bonchev–Trinajstić information content (AvgIpc) is 3.09. The topological polar surface area (TPSA) is 84.9 Å². The van der Waals surface area contributed by atoms with Gasteiger partial charge in [0.15, 0.2) is 0 Å². The number of likely N-dealkylation sites (tertiary alicyclic amines) is 1. The van der Waals surface area contributed by atoms with Crippen LogP contribution >= 0.6 is 0 Å². The van der Waals surface area contributed by atoms with Crippen LogP contribution in [-0.4, -0.2) is 59.2 Å². The van der Waals surface area contributed by atoms with E-state index >= 15 is 0 Å². The third kappa shape index (κ3) is 4.93. The number of nitrogens with one attached hydrogen (secondary N) is 1. The fourth-order valence-electron chi connectivity index (χ4n) is 2.50. The Labute approximate surface area is 143 Å². The third-order valence-electron chi connectivity index (χ3n) is 3.87. The van der Waals surface area contributed by atoms with Crippen molar-refractivity contribution in [2.45, 2.75) is 24.7 Å². The van der Waals surface area contributed by atoms with Crippen LogP contribution in [0.5, 0.6) is 5.75 Å². The molecule has 0 bridgehead atoms. The Bertz CT molecular complexity index is 669. The lowest BCUT2D eigenvalue weighted by Crippen LogP contribution is -2.38. The van der Waals surface area contributed by atoms with Gasteiger partial charge in [0.05, 0.1) is 18.0 Å². The Kier molecular flexibility index (Phi) is 6.59. The van der Waals surface area contributed by atoms with E-state index in [4.69, 9.17) is 9.47 Å². The van der Waals surface area contributed by atoms with E-state index < -0.39 is 10.0 Å². The molecule has 0 aromatic heterocycles. The molecule has 1 heterocycles. The number of ether oxygens (including phenoxy) is 2. The SMILES string of the molecule is COCCOc1ccc(S(=O)(=O)NCC(=O)N2CCCC2)cc1C. The molecule has 0 saturated carbocycles. The van der Waals surface area contributed by atoms with Gasteiger partial charge in [0.1, 0.15) is 12.4 Å². The second-order valence-corrected chi connectivity index (χ2v) is 7.45. The summed E-state index contributed by atoms with van der Waals surface area (Å²) in [5, 5.41) is 0. The van der Waals surface area contributed by atoms with Crippen LogP contribution in [0, 0.1) is 6.92 Å². The zero-order valence-corrected chi connectivity index (χ0v) is 14.9. The largest absolute Gasteiger partial charge is 0.491 e. The maximum absolute atomic E-state index is 12.3. The summed E-state index contributed by atoms with van der Waals surface area (Å²) in [5.41, 5.74) is 0.708. The molecular formula is C16H24N2O5S. The van der Waals surface area contributed by atoms with Gasteiger partial charge in [0.25, 0.3) is 0 Å². The minimum Gasteiger partial charge on any atom is -0.491 e. The molecule has 1 amide bonds. The van der Waals surface area contributed by atoms with Crippen LogP contribution in [0.2, 0.25) is 0 Å². The highest BCUT2D eigenvalue weighted by atomic mass is 32.2. The molecule has 0 atom stereocenters. The number of amides is 1. The number of benzene rings is 1. The lowest BCUT2D eigenvalue weighted by atomic mass is 10.2. The minimum absolute atomic E-state index is 0.119. The van der Waals surface area contributed by atoms with Crippen molar-refractivity contribution >= 4 is 15.9 Å². The number of hydrogen-bond donors (Lipinski definition) is 1. The van der Waals surface area contributed by atoms with E-state index in [-0.39, 0.29) is 17.3 Å². The average molecular weight is 356 g/mol. The maximum Gasteiger partial charge on any atom is 0.241 e. The summed E-state index contributed by atoms with van der Waals surface area (Å²) in [4.78, 5) is 13.8. The molecule has 0 unspecified atom stereocenters. The zero-order valence-electron chi connectivity index (χ0n) is 14.1. The van der Waals surface area contributed by atoms with Crippen molar-refractivity contribution in [3.63, 3.8) is 0 Å². The number of nitrogens with zero attached hydrogens (tertiary/aromatic N) is 1. The van der Waals surface area contributed by atoms with E-state index in [1.807, 2.05) is 0 Å². The van der Waals surface area contributed by atoms with E-state index in [0.717, 1.165) is 12.8 Å². The minimum atomic E-state index is -3.73. The van der Waals surface area contributed by atoms with Gasteiger partial charge in [-0.05, 0) is 43.5 Å². The van der Waals surface area contributed by atoms with Gasteiger partial charge >= 0.3 is 0 Å². The van der Waals surface area contributed by atoms with Crippen LogP contribution in [0.4, 0.5) is 0 Å². The maximum atomic E-state index is 12.3. The zero-order chi connectivity index (χ0) is 17.6. The van der Waals surface area contributed by atoms with Gasteiger partial charge in [0.2, 0.25) is 15.9 Å². The third-order valence-corrected chi connectivity index (χ3v) is 5.27. The van der Waals surface area contributed by atoms with Crippen LogP contribution in [0.15, 0.2) is 23.1 Å². The Morgan fingerprint density at radius 2 is 1.96 bits per heavy atom. The van der Waals surface area contributed by atoms with Crippen LogP contribution in [0.1, 0.15) is 18.4 Å². The summed E-state index contributed by atoms with van der Waals surface area (Å²) in [5.74, 6) is 0.423. The second kappa shape index (κ2) is 8.46. The van der Waals surface area contributed by atoms with E-state index in [0.29, 0.717) is 37.6 Å². The molecule has 1 aromatic carbocycles. The molecule has 2 rings (SSSR count). The van der Waals surface area contributed by atoms with Crippen LogP contribution in [-0.2, 0) is 19.6 Å². The highest BCUT2D eigenvalue weighted by Crippen LogP contribution is 2.21. The standard InChI is InChI=1S/C16H24N2O5S/c1-13-11-14(5-6-15(13)23-10-9-22-2)24(20,21)17-12-16(19)18-7-3-4-8-18/h5-6,11,17H,3-4,7-10,12H2,1-2H3. The summed E-state index contributed by atoms with van der Waals surface area (Å²) >= 11 is 0. The number of aryl methyl sites for hydroxylation is 1. The number of carbonyl (C=O) groups is 1. The summed E-state index contributed by atoms with van der Waals surface area (Å²) in [6.45, 7) is 3.82. The number of carbonyl (C=O) groups excluding carboxylic acids is 1. The Morgan fingerprint density at radius 3 is 2.58 bits per heavy atom. The molecule has 0 spiro atoms. The van der Waals surface area contributed by atoms with Gasteiger partial charge in [-0.25, -0.2) is 13.1 Å². The molecule has 24 heavy (non-hydrogen) atoms. The number of methoxy groups -OCH3 is 1. The lowest BCUT2D eigenvalue weighted by molar-refractivity contribution is -0.128. The molecule has 8 heteroatoms. The Balaban J connectivity index is 1.98. The highest BCUT2D eigenvalue weighted by molar-refractivity contribution is 7.89. The van der Waals surface area contributed by atoms with Crippen molar-refractivity contribution in [3.05, 3.63) is 23.8 Å². The first-order valence-electron chi connectivity index (χ1n) is 7.94. The van der Waals surface area contributed by atoms with Crippen LogP contribution in [0.25, 0.3) is 0 Å². The predicted molar refractivity (Wildman–Crippen MR) is 89.6 cm³/mol. The Hall–Kier alpha value is -1.64. The second-order valence-electron chi connectivity index (χ2n) is 5.68. The van der Waals surface area contributed by atoms with Gasteiger partial charge in [-0.15, -0.1) is 0 Å². The van der Waals surface area contributed by atoms with Crippen LogP contribution in [0.3, 0.4) is 0 Å². The fraction of sp³-hybridized carbons (Fsp3) is 0.562. The first-order valence-corrected chi connectivity index (χ1v) is 9.42. The van der Waals surface area contributed by atoms with Gasteiger partial charge in [-0.1, -0.05) is 0 Å². The van der Waals surface area contributed by atoms with Crippen LogP contribution < -0.4 is 9.46 Å². The normalized spacial score (nSPS) is 14.8. The van der Waals surface area contributed by atoms with Gasteiger partial charge < -0.3 is 14.4 Å². The van der Waals surface area contributed by atoms with Crippen molar-refractivity contribution in [1.82, 2.24) is 9.62 Å². The summed E-state index contributed by atoms with van der Waals surface area (Å²) in [6, 6.07) is 4.62. The summed E-state index contributed by atoms with van der Waals surface area (Å²) in [7, 11) is -2.14. The monoisotopic (exact) mass is 356 g/mol. The molecule has 1 N–H and O–H groups in total. The number of hydrogen-bond acceptors (Lipinski definition) is 5. The molecule has 1 aliphatic heterocycles. The van der Waals surface area contributed by atoms with Crippen molar-refractivity contribution in [2.24, 2.45) is 0 Å². The molecule has 0 aliphatic carbocycles. The number of sulfonamides is 1. The quantitative estimate of drug-likeness (QED) is 0.700. The fourth-order valence-corrected chi connectivity index (χ4v) is 3.56. The molecule has 1 fully saturated rings. The van der Waals surface area contributed by atoms with Gasteiger partial charge in [-0.2, -0.15) is 0 Å². The van der Waals surface area contributed by atoms with E-state index in [1.54, 1.807) is 25.0 Å². The van der Waals surface area contributed by atoms with E-state index in [9.17, 15) is 13.2 Å². The first-order chi connectivity index (χ1) is 11.4. The molecule has 0 radical (unpaired) electrons. The summed E-state index contributed by atoms with van der Waals surface area (Å²) in [6.07, 6.45) is 1.95. The molecule has 1 aliphatic rings. The highest BCUT2D eigenvalue weighted by Gasteiger charge is 2.21. The smallest absolute Gasteiger partial charge is 0.241 e. The van der Waals surface area contributed by atoms with Crippen molar-refractivity contribution in [2.75, 3.05) is 40.0 Å². The van der Waals surface area contributed by atoms with Crippen molar-refractivity contribution in [1.29, 1.82) is 0 Å². The van der Waals surface area contributed by atoms with E-state index in [2.05, 4.69) is 4.72 Å². The molecule has 1 saturated heterocycles. The van der Waals surface area contributed by atoms with Crippen molar-refractivity contribution < 1.29 is 22.7 Å². The molecule has 134 valence electrons. The lowest BCUT2D eigenvalue weighted by Gasteiger charge is -2.16. The molecular weight excluding hydrogens is 332 g/mol. The van der Waals surface area contributed by atoms with E-state index in [1.165, 1.54) is 12.1 Å². The molecule has 1 aromatic rings.